The van der Waals surface area contributed by atoms with E-state index in [-0.39, 0.29) is 11.6 Å². The van der Waals surface area contributed by atoms with Gasteiger partial charge in [0.2, 0.25) is 0 Å². The lowest BCUT2D eigenvalue weighted by atomic mass is 10.0. The lowest BCUT2D eigenvalue weighted by Crippen LogP contribution is -2.15. The molecule has 0 aliphatic rings. The molecule has 0 saturated heterocycles. The Morgan fingerprint density at radius 2 is 1.06 bits per heavy atom. The molecule has 0 bridgehead atoms. The molecule has 0 N–H and O–H groups in total. The van der Waals surface area contributed by atoms with Gasteiger partial charge in [-0.05, 0) is 32.1 Å². The summed E-state index contributed by atoms with van der Waals surface area (Å²) in [7, 11) is -1.64. The molecule has 0 radical (unpaired) electrons. The second-order valence-electron chi connectivity index (χ2n) is 9.36. The number of methoxy groups -OCH3 is 1. The zero-order valence-corrected chi connectivity index (χ0v) is 23.3. The number of rotatable bonds is 25. The van der Waals surface area contributed by atoms with Gasteiger partial charge >= 0.3 is 13.6 Å². The third-order valence-electron chi connectivity index (χ3n) is 6.27. The largest absolute Gasteiger partial charge is 0.469 e. The third kappa shape index (κ3) is 18.6. The molecule has 0 aliphatic heterocycles. The van der Waals surface area contributed by atoms with E-state index in [1.165, 1.54) is 39.2 Å². The Kier molecular flexibility index (Phi) is 23.1. The molecule has 0 saturated carbocycles. The van der Waals surface area contributed by atoms with Crippen molar-refractivity contribution in [1.29, 1.82) is 0 Å². The summed E-state index contributed by atoms with van der Waals surface area (Å²) in [6, 6.07) is 0. The van der Waals surface area contributed by atoms with Crippen LogP contribution >= 0.6 is 7.60 Å². The Labute approximate surface area is 205 Å². The van der Waals surface area contributed by atoms with E-state index in [4.69, 9.17) is 13.8 Å². The van der Waals surface area contributed by atoms with Gasteiger partial charge in [0.05, 0.1) is 26.0 Å². The number of esters is 1. The highest BCUT2D eigenvalue weighted by molar-refractivity contribution is 7.54. The van der Waals surface area contributed by atoms with Crippen molar-refractivity contribution >= 4 is 13.6 Å². The van der Waals surface area contributed by atoms with Gasteiger partial charge in [0.25, 0.3) is 0 Å². The fourth-order valence-electron chi connectivity index (χ4n) is 4.00. The van der Waals surface area contributed by atoms with E-state index >= 15 is 0 Å². The van der Waals surface area contributed by atoms with E-state index < -0.39 is 7.60 Å². The lowest BCUT2D eigenvalue weighted by Gasteiger charge is -2.27. The molecule has 0 amide bonds. The fraction of sp³-hybridized carbons (Fsp3) is 0.963. The number of carbonyl (C=O) groups excluding carboxylic acids is 1. The molecular weight excluding hydrogens is 435 g/mol. The van der Waals surface area contributed by atoms with Crippen molar-refractivity contribution in [3.8, 4) is 0 Å². The van der Waals surface area contributed by atoms with E-state index in [0.717, 1.165) is 83.5 Å². The Balaban J connectivity index is 4.65. The van der Waals surface area contributed by atoms with Gasteiger partial charge in [-0.15, -0.1) is 0 Å². The summed E-state index contributed by atoms with van der Waals surface area (Å²) in [4.78, 5) is 11.2. The number of unbranched alkanes of at least 4 members (excludes halogenated alkanes) is 12. The van der Waals surface area contributed by atoms with Crippen molar-refractivity contribution in [2.45, 2.75) is 148 Å². The van der Waals surface area contributed by atoms with Gasteiger partial charge in [-0.25, -0.2) is 0 Å². The molecule has 0 fully saturated rings. The summed E-state index contributed by atoms with van der Waals surface area (Å²) in [5.41, 5.74) is 0.0247. The second-order valence-corrected chi connectivity index (χ2v) is 11.7. The molecule has 0 aromatic heterocycles. The van der Waals surface area contributed by atoms with E-state index in [1.54, 1.807) is 0 Å². The highest BCUT2D eigenvalue weighted by atomic mass is 31.2. The molecule has 0 aliphatic carbocycles. The normalized spacial score (nSPS) is 12.7. The Bertz CT molecular complexity index is 469. The second kappa shape index (κ2) is 23.4. The van der Waals surface area contributed by atoms with E-state index in [9.17, 15) is 9.36 Å². The van der Waals surface area contributed by atoms with Crippen LogP contribution in [0, 0.1) is 0 Å². The topological polar surface area (TPSA) is 61.8 Å². The zero-order valence-electron chi connectivity index (χ0n) is 22.4. The van der Waals surface area contributed by atoms with Crippen LogP contribution in [0.15, 0.2) is 0 Å². The Morgan fingerprint density at radius 3 is 1.52 bits per heavy atom. The minimum absolute atomic E-state index is 0.0247. The highest BCUT2D eigenvalue weighted by Gasteiger charge is 2.35. The van der Waals surface area contributed by atoms with Gasteiger partial charge in [-0.3, -0.25) is 9.36 Å². The highest BCUT2D eigenvalue weighted by Crippen LogP contribution is 2.56. The number of hydrogen-bond donors (Lipinski definition) is 0. The van der Waals surface area contributed by atoms with Crippen molar-refractivity contribution in [1.82, 2.24) is 0 Å². The lowest BCUT2D eigenvalue weighted by molar-refractivity contribution is -0.140. The molecular formula is C27H55O5P. The van der Waals surface area contributed by atoms with Crippen LogP contribution in [-0.4, -0.2) is 32.0 Å². The molecule has 0 heterocycles. The number of ether oxygens (including phenoxy) is 1. The van der Waals surface area contributed by atoms with Crippen LogP contribution in [0.5, 0.6) is 0 Å². The maximum absolute atomic E-state index is 13.8. The number of carbonyl (C=O) groups is 1. The summed E-state index contributed by atoms with van der Waals surface area (Å²) < 4.78 is 30.5. The summed E-state index contributed by atoms with van der Waals surface area (Å²) in [5, 5.41) is 0. The van der Waals surface area contributed by atoms with Crippen molar-refractivity contribution in [3.05, 3.63) is 0 Å². The predicted molar refractivity (Wildman–Crippen MR) is 140 cm³/mol. The fourth-order valence-corrected chi connectivity index (χ4v) is 6.26. The standard InChI is InChI=1S/C27H55O5P/c1-5-8-11-12-15-18-21-26(22-19-16-13-14-17-20-23-27(28)30-4)33(29,31-24-9-6-2)32-25-10-7-3/h26H,5-25H2,1-4H3. The summed E-state index contributed by atoms with van der Waals surface area (Å²) >= 11 is 0. The molecule has 6 heteroatoms. The van der Waals surface area contributed by atoms with Crippen LogP contribution in [0.25, 0.3) is 0 Å². The third-order valence-corrected chi connectivity index (χ3v) is 8.77. The molecule has 5 nitrogen and oxygen atoms in total. The summed E-state index contributed by atoms with van der Waals surface area (Å²) in [5.74, 6) is -0.116. The maximum Gasteiger partial charge on any atom is 0.333 e. The molecule has 1 atom stereocenters. The predicted octanol–water partition coefficient (Wildman–Crippen LogP) is 9.23. The molecule has 0 rings (SSSR count). The van der Waals surface area contributed by atoms with Gasteiger partial charge in [0.1, 0.15) is 0 Å². The first kappa shape index (κ1) is 32.6. The Hall–Kier alpha value is -0.380. The first-order valence-electron chi connectivity index (χ1n) is 14.0. The smallest absolute Gasteiger partial charge is 0.333 e. The van der Waals surface area contributed by atoms with Crippen molar-refractivity contribution in [3.63, 3.8) is 0 Å². The van der Waals surface area contributed by atoms with Gasteiger partial charge in [-0.2, -0.15) is 0 Å². The molecule has 33 heavy (non-hydrogen) atoms. The SMILES string of the molecule is CCCCCCCCC(CCCCCCCCC(=O)OC)P(=O)(OCCCC)OCCCC. The van der Waals surface area contributed by atoms with Gasteiger partial charge in [-0.1, -0.05) is 104 Å². The van der Waals surface area contributed by atoms with E-state index in [2.05, 4.69) is 20.8 Å². The van der Waals surface area contributed by atoms with Crippen molar-refractivity contribution in [2.24, 2.45) is 0 Å². The van der Waals surface area contributed by atoms with Crippen LogP contribution in [0.3, 0.4) is 0 Å². The van der Waals surface area contributed by atoms with Gasteiger partial charge in [0.15, 0.2) is 0 Å². The van der Waals surface area contributed by atoms with Crippen molar-refractivity contribution in [2.75, 3.05) is 20.3 Å². The monoisotopic (exact) mass is 490 g/mol. The van der Waals surface area contributed by atoms with Gasteiger partial charge in [0, 0.05) is 6.42 Å². The number of hydrogen-bond acceptors (Lipinski definition) is 5. The molecule has 0 aromatic rings. The zero-order chi connectivity index (χ0) is 24.6. The molecule has 0 spiro atoms. The molecule has 198 valence electrons. The van der Waals surface area contributed by atoms with Crippen LogP contribution in [0.1, 0.15) is 143 Å². The van der Waals surface area contributed by atoms with E-state index in [1.807, 2.05) is 0 Å². The summed E-state index contributed by atoms with van der Waals surface area (Å²) in [6.45, 7) is 7.57. The Morgan fingerprint density at radius 1 is 0.636 bits per heavy atom. The first-order chi connectivity index (χ1) is 16.0. The first-order valence-corrected chi connectivity index (χ1v) is 15.6. The minimum atomic E-state index is -3.08. The average Bonchev–Trinajstić information content (AvgIpc) is 2.81. The minimum Gasteiger partial charge on any atom is -0.469 e. The van der Waals surface area contributed by atoms with Gasteiger partial charge < -0.3 is 13.8 Å². The average molecular weight is 491 g/mol. The van der Waals surface area contributed by atoms with Crippen LogP contribution in [-0.2, 0) is 23.1 Å². The van der Waals surface area contributed by atoms with Crippen molar-refractivity contribution < 1.29 is 23.1 Å². The molecule has 0 aromatic carbocycles. The maximum atomic E-state index is 13.8. The van der Waals surface area contributed by atoms with E-state index in [0.29, 0.717) is 19.6 Å². The summed E-state index contributed by atoms with van der Waals surface area (Å²) in [6.07, 6.45) is 20.2. The quantitative estimate of drug-likeness (QED) is 0.0725. The molecule has 1 unspecified atom stereocenters. The van der Waals surface area contributed by atoms with Crippen LogP contribution in [0.4, 0.5) is 0 Å². The van der Waals surface area contributed by atoms with Crippen LogP contribution < -0.4 is 0 Å². The van der Waals surface area contributed by atoms with Crippen LogP contribution in [0.2, 0.25) is 0 Å².